The smallest absolute Gasteiger partial charge is 0.175 e. The van der Waals surface area contributed by atoms with Gasteiger partial charge in [-0.3, -0.25) is 0 Å². The van der Waals surface area contributed by atoms with Gasteiger partial charge in [-0.1, -0.05) is 54.1 Å². The Hall–Kier alpha value is -2.01. The van der Waals surface area contributed by atoms with E-state index in [0.29, 0.717) is 23.1 Å². The second-order valence-electron chi connectivity index (χ2n) is 6.11. The molecule has 3 rings (SSSR count). The molecular formula is C22H21BrClNO2. The Labute approximate surface area is 173 Å². The third kappa shape index (κ3) is 5.73. The summed E-state index contributed by atoms with van der Waals surface area (Å²) in [6, 6.07) is 22.0. The van der Waals surface area contributed by atoms with Gasteiger partial charge < -0.3 is 14.8 Å². The highest BCUT2D eigenvalue weighted by molar-refractivity contribution is 9.10. The van der Waals surface area contributed by atoms with Gasteiger partial charge in [0.2, 0.25) is 0 Å². The molecule has 0 saturated carbocycles. The van der Waals surface area contributed by atoms with Crippen molar-refractivity contribution in [1.82, 2.24) is 5.32 Å². The fourth-order valence-electron chi connectivity index (χ4n) is 2.70. The normalized spacial score (nSPS) is 10.6. The van der Waals surface area contributed by atoms with Crippen LogP contribution in [0.5, 0.6) is 11.5 Å². The van der Waals surface area contributed by atoms with E-state index in [1.165, 1.54) is 5.56 Å². The fourth-order valence-corrected chi connectivity index (χ4v) is 3.43. The largest absolute Gasteiger partial charge is 0.493 e. The van der Waals surface area contributed by atoms with Gasteiger partial charge in [0.25, 0.3) is 0 Å². The molecule has 0 aliphatic heterocycles. The second-order valence-corrected chi connectivity index (χ2v) is 7.40. The molecule has 0 heterocycles. The average molecular weight is 447 g/mol. The van der Waals surface area contributed by atoms with Crippen LogP contribution in [0, 0.1) is 0 Å². The highest BCUT2D eigenvalue weighted by Gasteiger charge is 2.12. The van der Waals surface area contributed by atoms with Crippen LogP contribution in [0.1, 0.15) is 16.7 Å². The van der Waals surface area contributed by atoms with Crippen LogP contribution in [0.3, 0.4) is 0 Å². The van der Waals surface area contributed by atoms with Crippen LogP contribution in [0.2, 0.25) is 5.02 Å². The highest BCUT2D eigenvalue weighted by Crippen LogP contribution is 2.37. The van der Waals surface area contributed by atoms with Gasteiger partial charge in [-0.05, 0) is 56.9 Å². The van der Waals surface area contributed by atoms with Crippen LogP contribution in [0.4, 0.5) is 0 Å². The molecule has 0 fully saturated rings. The minimum atomic E-state index is 0.442. The predicted molar refractivity (Wildman–Crippen MR) is 113 cm³/mol. The molecule has 3 nitrogen and oxygen atoms in total. The number of hydrogen-bond acceptors (Lipinski definition) is 3. The molecule has 0 amide bonds. The van der Waals surface area contributed by atoms with Gasteiger partial charge in [0.05, 0.1) is 11.6 Å². The zero-order chi connectivity index (χ0) is 19.1. The van der Waals surface area contributed by atoms with Crippen molar-refractivity contribution in [2.24, 2.45) is 0 Å². The van der Waals surface area contributed by atoms with Crippen LogP contribution >= 0.6 is 27.5 Å². The van der Waals surface area contributed by atoms with E-state index in [2.05, 4.69) is 39.4 Å². The Bertz CT molecular complexity index is 869. The van der Waals surface area contributed by atoms with E-state index < -0.39 is 0 Å². The topological polar surface area (TPSA) is 30.5 Å². The van der Waals surface area contributed by atoms with E-state index >= 15 is 0 Å². The molecule has 0 bridgehead atoms. The Kier molecular flexibility index (Phi) is 7.16. The molecule has 0 saturated heterocycles. The molecule has 0 radical (unpaired) electrons. The van der Waals surface area contributed by atoms with Crippen LogP contribution < -0.4 is 14.8 Å². The van der Waals surface area contributed by atoms with Crippen molar-refractivity contribution in [2.75, 3.05) is 7.11 Å². The predicted octanol–water partition coefficient (Wildman–Crippen LogP) is 5.98. The first-order chi connectivity index (χ1) is 13.2. The summed E-state index contributed by atoms with van der Waals surface area (Å²) in [7, 11) is 1.65. The Balaban J connectivity index is 1.64. The molecule has 0 aromatic heterocycles. The lowest BCUT2D eigenvalue weighted by Gasteiger charge is -2.15. The Morgan fingerprint density at radius 2 is 1.59 bits per heavy atom. The zero-order valence-electron chi connectivity index (χ0n) is 15.0. The summed E-state index contributed by atoms with van der Waals surface area (Å²) in [6.07, 6.45) is 0. The fraction of sp³-hybridized carbons (Fsp3) is 0.182. The van der Waals surface area contributed by atoms with Gasteiger partial charge in [0.1, 0.15) is 6.61 Å². The first-order valence-corrected chi connectivity index (χ1v) is 9.81. The van der Waals surface area contributed by atoms with Crippen molar-refractivity contribution >= 4 is 27.5 Å². The molecule has 1 N–H and O–H groups in total. The van der Waals surface area contributed by atoms with Crippen LogP contribution in [-0.2, 0) is 19.7 Å². The van der Waals surface area contributed by atoms with Crippen molar-refractivity contribution in [3.8, 4) is 11.5 Å². The summed E-state index contributed by atoms with van der Waals surface area (Å²) in [4.78, 5) is 0. The summed E-state index contributed by atoms with van der Waals surface area (Å²) < 4.78 is 12.4. The average Bonchev–Trinajstić information content (AvgIpc) is 2.69. The summed E-state index contributed by atoms with van der Waals surface area (Å²) in [5.74, 6) is 1.40. The van der Waals surface area contributed by atoms with Gasteiger partial charge in [0.15, 0.2) is 11.5 Å². The molecule has 5 heteroatoms. The number of rotatable bonds is 8. The number of nitrogens with one attached hydrogen (secondary N) is 1. The number of methoxy groups -OCH3 is 1. The summed E-state index contributed by atoms with van der Waals surface area (Å²) in [5, 5.41) is 4.16. The van der Waals surface area contributed by atoms with Gasteiger partial charge in [-0.25, -0.2) is 0 Å². The SMILES string of the molecule is COc1cc(CNCc2ccccc2)cc(Br)c1OCc1ccc(Cl)cc1. The standard InChI is InChI=1S/C22H21BrClNO2/c1-26-21-12-18(14-25-13-16-5-3-2-4-6-16)11-20(23)22(21)27-15-17-7-9-19(24)10-8-17/h2-12,25H,13-15H2,1H3. The molecule has 140 valence electrons. The van der Waals surface area contributed by atoms with Gasteiger partial charge >= 0.3 is 0 Å². The molecule has 27 heavy (non-hydrogen) atoms. The highest BCUT2D eigenvalue weighted by atomic mass is 79.9. The molecule has 3 aromatic rings. The molecular weight excluding hydrogens is 426 g/mol. The van der Waals surface area contributed by atoms with E-state index in [9.17, 15) is 0 Å². The van der Waals surface area contributed by atoms with E-state index in [-0.39, 0.29) is 0 Å². The van der Waals surface area contributed by atoms with E-state index in [0.717, 1.165) is 28.7 Å². The second kappa shape index (κ2) is 9.79. The van der Waals surface area contributed by atoms with Crippen LogP contribution in [-0.4, -0.2) is 7.11 Å². The number of halogens is 2. The summed E-state index contributed by atoms with van der Waals surface area (Å²) in [6.45, 7) is 1.99. The maximum atomic E-state index is 5.98. The molecule has 0 aliphatic rings. The van der Waals surface area contributed by atoms with Gasteiger partial charge in [-0.15, -0.1) is 0 Å². The minimum Gasteiger partial charge on any atom is -0.493 e. The molecule has 0 unspecified atom stereocenters. The first-order valence-electron chi connectivity index (χ1n) is 8.64. The van der Waals surface area contributed by atoms with E-state index in [4.69, 9.17) is 21.1 Å². The monoisotopic (exact) mass is 445 g/mol. The maximum absolute atomic E-state index is 5.98. The lowest BCUT2D eigenvalue weighted by Crippen LogP contribution is -2.12. The summed E-state index contributed by atoms with van der Waals surface area (Å²) in [5.41, 5.74) is 3.42. The number of benzene rings is 3. The Morgan fingerprint density at radius 3 is 2.30 bits per heavy atom. The summed E-state index contributed by atoms with van der Waals surface area (Å²) >= 11 is 9.53. The van der Waals surface area contributed by atoms with Crippen molar-refractivity contribution in [1.29, 1.82) is 0 Å². The molecule has 0 atom stereocenters. The minimum absolute atomic E-state index is 0.442. The number of ether oxygens (including phenoxy) is 2. The van der Waals surface area contributed by atoms with Crippen molar-refractivity contribution in [3.05, 3.63) is 92.9 Å². The van der Waals surface area contributed by atoms with Crippen molar-refractivity contribution in [3.63, 3.8) is 0 Å². The lowest BCUT2D eigenvalue weighted by atomic mass is 10.2. The number of hydrogen-bond donors (Lipinski definition) is 1. The molecule has 3 aromatic carbocycles. The Morgan fingerprint density at radius 1 is 0.889 bits per heavy atom. The van der Waals surface area contributed by atoms with E-state index in [1.807, 2.05) is 48.5 Å². The third-order valence-corrected chi connectivity index (χ3v) is 4.93. The van der Waals surface area contributed by atoms with Crippen LogP contribution in [0.25, 0.3) is 0 Å². The van der Waals surface area contributed by atoms with E-state index in [1.54, 1.807) is 7.11 Å². The lowest BCUT2D eigenvalue weighted by molar-refractivity contribution is 0.282. The third-order valence-electron chi connectivity index (χ3n) is 4.09. The quantitative estimate of drug-likeness (QED) is 0.462. The molecule has 0 spiro atoms. The van der Waals surface area contributed by atoms with Crippen molar-refractivity contribution in [2.45, 2.75) is 19.7 Å². The van der Waals surface area contributed by atoms with Gasteiger partial charge in [-0.2, -0.15) is 0 Å². The van der Waals surface area contributed by atoms with Gasteiger partial charge in [0, 0.05) is 18.1 Å². The van der Waals surface area contributed by atoms with Crippen molar-refractivity contribution < 1.29 is 9.47 Å². The van der Waals surface area contributed by atoms with Crippen LogP contribution in [0.15, 0.2) is 71.2 Å². The maximum Gasteiger partial charge on any atom is 0.175 e. The zero-order valence-corrected chi connectivity index (χ0v) is 17.4. The first kappa shape index (κ1) is 19.7. The molecule has 0 aliphatic carbocycles.